The van der Waals surface area contributed by atoms with Crippen molar-refractivity contribution in [3.63, 3.8) is 0 Å². The number of piperidine rings is 1. The van der Waals surface area contributed by atoms with E-state index in [2.05, 4.69) is 10.3 Å². The highest BCUT2D eigenvalue weighted by Crippen LogP contribution is 2.24. The maximum Gasteiger partial charge on any atom is 0.337 e. The minimum atomic E-state index is -1.08. The molecule has 1 aromatic carbocycles. The number of amides is 2. The van der Waals surface area contributed by atoms with Crippen LogP contribution in [-0.2, 0) is 4.79 Å². The van der Waals surface area contributed by atoms with Gasteiger partial charge >= 0.3 is 5.97 Å². The quantitative estimate of drug-likeness (QED) is 0.880. The Bertz CT molecular complexity index is 879. The van der Waals surface area contributed by atoms with Gasteiger partial charge in [-0.3, -0.25) is 9.59 Å². The van der Waals surface area contributed by atoms with Crippen molar-refractivity contribution < 1.29 is 19.5 Å². The van der Waals surface area contributed by atoms with Gasteiger partial charge in [0.1, 0.15) is 5.69 Å². The summed E-state index contributed by atoms with van der Waals surface area (Å²) in [7, 11) is 0. The second-order valence-corrected chi connectivity index (χ2v) is 6.14. The van der Waals surface area contributed by atoms with Crippen LogP contribution in [0, 0.1) is 6.92 Å². The van der Waals surface area contributed by atoms with E-state index in [-0.39, 0.29) is 22.9 Å². The van der Waals surface area contributed by atoms with Gasteiger partial charge in [0.25, 0.3) is 5.91 Å². The summed E-state index contributed by atoms with van der Waals surface area (Å²) >= 11 is 0. The minimum Gasteiger partial charge on any atom is -0.478 e. The summed E-state index contributed by atoms with van der Waals surface area (Å²) in [6, 6.07) is 9.84. The van der Waals surface area contributed by atoms with Gasteiger partial charge in [-0.15, -0.1) is 0 Å². The molecule has 2 aromatic rings. The van der Waals surface area contributed by atoms with Crippen LogP contribution < -0.4 is 10.2 Å². The van der Waals surface area contributed by atoms with E-state index in [1.807, 2.05) is 6.07 Å². The zero-order chi connectivity index (χ0) is 18.7. The van der Waals surface area contributed by atoms with Crippen LogP contribution in [0.1, 0.15) is 45.8 Å². The van der Waals surface area contributed by atoms with Crippen molar-refractivity contribution >= 4 is 29.2 Å². The summed E-state index contributed by atoms with van der Waals surface area (Å²) < 4.78 is 0. The van der Waals surface area contributed by atoms with Gasteiger partial charge in [0.15, 0.2) is 0 Å². The van der Waals surface area contributed by atoms with Crippen molar-refractivity contribution in [3.05, 3.63) is 53.3 Å². The first-order chi connectivity index (χ1) is 12.5. The van der Waals surface area contributed by atoms with Crippen LogP contribution >= 0.6 is 0 Å². The summed E-state index contributed by atoms with van der Waals surface area (Å²) in [6.07, 6.45) is 2.40. The van der Waals surface area contributed by atoms with Gasteiger partial charge in [-0.05, 0) is 50.1 Å². The molecule has 1 fully saturated rings. The van der Waals surface area contributed by atoms with Crippen molar-refractivity contribution in [3.8, 4) is 0 Å². The lowest BCUT2D eigenvalue weighted by Crippen LogP contribution is -2.35. The third kappa shape index (κ3) is 3.72. The number of aryl methyl sites for hydroxylation is 1. The number of nitrogens with zero attached hydrogens (tertiary/aromatic N) is 2. The molecule has 26 heavy (non-hydrogen) atoms. The second kappa shape index (κ2) is 7.35. The highest BCUT2D eigenvalue weighted by Gasteiger charge is 2.20. The molecule has 7 heteroatoms. The van der Waals surface area contributed by atoms with Crippen LogP contribution in [-0.4, -0.2) is 34.4 Å². The number of pyridine rings is 1. The van der Waals surface area contributed by atoms with Gasteiger partial charge < -0.3 is 15.3 Å². The molecule has 0 aliphatic carbocycles. The SMILES string of the molecule is Cc1nc(C(=O)Nc2cccc(N3CCCCC3=O)c2)ccc1C(=O)O. The first kappa shape index (κ1) is 17.6. The lowest BCUT2D eigenvalue weighted by atomic mass is 10.1. The summed E-state index contributed by atoms with van der Waals surface area (Å²) in [4.78, 5) is 41.3. The van der Waals surface area contributed by atoms with Gasteiger partial charge in [0.2, 0.25) is 5.91 Å². The van der Waals surface area contributed by atoms with E-state index in [0.717, 1.165) is 18.5 Å². The first-order valence-corrected chi connectivity index (χ1v) is 8.38. The predicted octanol–water partition coefficient (Wildman–Crippen LogP) is 2.86. The summed E-state index contributed by atoms with van der Waals surface area (Å²) in [5.41, 5.74) is 1.77. The number of hydrogen-bond donors (Lipinski definition) is 2. The van der Waals surface area contributed by atoms with Crippen LogP contribution in [0.15, 0.2) is 36.4 Å². The highest BCUT2D eigenvalue weighted by molar-refractivity contribution is 6.04. The fraction of sp³-hybridized carbons (Fsp3) is 0.263. The molecule has 0 atom stereocenters. The van der Waals surface area contributed by atoms with Crippen molar-refractivity contribution in [1.82, 2.24) is 4.98 Å². The van der Waals surface area contributed by atoms with Gasteiger partial charge in [-0.1, -0.05) is 6.07 Å². The predicted molar refractivity (Wildman–Crippen MR) is 96.5 cm³/mol. The van der Waals surface area contributed by atoms with Crippen molar-refractivity contribution in [1.29, 1.82) is 0 Å². The molecular formula is C19H19N3O4. The summed E-state index contributed by atoms with van der Waals surface area (Å²) in [5, 5.41) is 11.8. The molecule has 1 aliphatic heterocycles. The number of carboxylic acids is 1. The van der Waals surface area contributed by atoms with Crippen LogP contribution in [0.4, 0.5) is 11.4 Å². The molecule has 1 aromatic heterocycles. The Morgan fingerprint density at radius 3 is 2.69 bits per heavy atom. The first-order valence-electron chi connectivity index (χ1n) is 8.38. The van der Waals surface area contributed by atoms with Crippen LogP contribution in [0.3, 0.4) is 0 Å². The summed E-state index contributed by atoms with van der Waals surface area (Å²) in [6.45, 7) is 2.22. The molecule has 0 saturated carbocycles. The fourth-order valence-electron chi connectivity index (χ4n) is 2.94. The number of rotatable bonds is 4. The average Bonchev–Trinajstić information content (AvgIpc) is 2.62. The highest BCUT2D eigenvalue weighted by atomic mass is 16.4. The molecule has 0 spiro atoms. The van der Waals surface area contributed by atoms with E-state index in [4.69, 9.17) is 5.11 Å². The number of carbonyl (C=O) groups is 3. The zero-order valence-electron chi connectivity index (χ0n) is 14.4. The fourth-order valence-corrected chi connectivity index (χ4v) is 2.94. The number of benzene rings is 1. The largest absolute Gasteiger partial charge is 0.478 e. The van der Waals surface area contributed by atoms with E-state index < -0.39 is 11.9 Å². The van der Waals surface area contributed by atoms with Crippen LogP contribution in [0.25, 0.3) is 0 Å². The topological polar surface area (TPSA) is 99.6 Å². The Morgan fingerprint density at radius 1 is 1.19 bits per heavy atom. The third-order valence-corrected chi connectivity index (χ3v) is 4.29. The Labute approximate surface area is 150 Å². The molecule has 2 heterocycles. The number of carbonyl (C=O) groups excluding carboxylic acids is 2. The Balaban J connectivity index is 1.77. The molecular weight excluding hydrogens is 334 g/mol. The van der Waals surface area contributed by atoms with E-state index in [1.54, 1.807) is 30.0 Å². The number of hydrogen-bond acceptors (Lipinski definition) is 4. The number of anilines is 2. The van der Waals surface area contributed by atoms with Gasteiger partial charge in [-0.25, -0.2) is 9.78 Å². The molecule has 2 amide bonds. The number of aromatic nitrogens is 1. The Kier molecular flexibility index (Phi) is 4.97. The lowest BCUT2D eigenvalue weighted by Gasteiger charge is -2.27. The Morgan fingerprint density at radius 2 is 2.00 bits per heavy atom. The molecule has 0 bridgehead atoms. The minimum absolute atomic E-state index is 0.0622. The molecule has 134 valence electrons. The maximum atomic E-state index is 12.4. The number of carboxylic acid groups (broad SMARTS) is 1. The van der Waals surface area contributed by atoms with E-state index in [9.17, 15) is 14.4 Å². The third-order valence-electron chi connectivity index (χ3n) is 4.29. The van der Waals surface area contributed by atoms with Crippen molar-refractivity contribution in [2.24, 2.45) is 0 Å². The van der Waals surface area contributed by atoms with Crippen molar-refractivity contribution in [2.75, 3.05) is 16.8 Å². The van der Waals surface area contributed by atoms with E-state index in [1.165, 1.54) is 12.1 Å². The van der Waals surface area contributed by atoms with Gasteiger partial charge in [0.05, 0.1) is 11.3 Å². The van der Waals surface area contributed by atoms with E-state index >= 15 is 0 Å². The molecule has 0 unspecified atom stereocenters. The second-order valence-electron chi connectivity index (χ2n) is 6.14. The van der Waals surface area contributed by atoms with E-state index in [0.29, 0.717) is 18.7 Å². The number of aromatic carboxylic acids is 1. The average molecular weight is 353 g/mol. The van der Waals surface area contributed by atoms with Crippen LogP contribution in [0.5, 0.6) is 0 Å². The normalized spacial score (nSPS) is 14.2. The van der Waals surface area contributed by atoms with Gasteiger partial charge in [0, 0.05) is 24.3 Å². The smallest absolute Gasteiger partial charge is 0.337 e. The molecule has 0 radical (unpaired) electrons. The number of nitrogens with one attached hydrogen (secondary N) is 1. The zero-order valence-corrected chi connectivity index (χ0v) is 14.4. The molecule has 2 N–H and O–H groups in total. The standard InChI is InChI=1S/C19H19N3O4/c1-12-15(19(25)26)8-9-16(20-12)18(24)21-13-5-4-6-14(11-13)22-10-3-2-7-17(22)23/h4-6,8-9,11H,2-3,7,10H2,1H3,(H,21,24)(H,25,26). The van der Waals surface area contributed by atoms with Gasteiger partial charge in [-0.2, -0.15) is 0 Å². The molecule has 1 aliphatic rings. The lowest BCUT2D eigenvalue weighted by molar-refractivity contribution is -0.119. The maximum absolute atomic E-state index is 12.4. The Hall–Kier alpha value is -3.22. The molecule has 7 nitrogen and oxygen atoms in total. The van der Waals surface area contributed by atoms with Crippen LogP contribution in [0.2, 0.25) is 0 Å². The monoisotopic (exact) mass is 353 g/mol. The molecule has 3 rings (SSSR count). The summed E-state index contributed by atoms with van der Waals surface area (Å²) in [5.74, 6) is -1.44. The van der Waals surface area contributed by atoms with Crippen molar-refractivity contribution in [2.45, 2.75) is 26.2 Å². The molecule has 1 saturated heterocycles.